The Kier molecular flexibility index (Phi) is 7.45. The van der Waals surface area contributed by atoms with Crippen LogP contribution in [0.15, 0.2) is 60.8 Å². The number of rotatable bonds is 8. The van der Waals surface area contributed by atoms with Crippen molar-refractivity contribution in [1.82, 2.24) is 10.6 Å². The van der Waals surface area contributed by atoms with Crippen molar-refractivity contribution in [3.63, 3.8) is 0 Å². The summed E-state index contributed by atoms with van der Waals surface area (Å²) >= 11 is 0. The number of urea groups is 1. The highest BCUT2D eigenvalue weighted by molar-refractivity contribution is 5.94. The summed E-state index contributed by atoms with van der Waals surface area (Å²) in [7, 11) is 0. The number of ether oxygens (including phenoxy) is 2. The van der Waals surface area contributed by atoms with Crippen LogP contribution in [0.4, 0.5) is 10.5 Å². The van der Waals surface area contributed by atoms with E-state index in [1.54, 1.807) is 55.5 Å². The Hall–Kier alpha value is -4.14. The number of amides is 3. The molecule has 2 atom stereocenters. The zero-order valence-corrected chi connectivity index (χ0v) is 18.3. The molecule has 3 amide bonds. The molecular formula is C24H25N3O6. The highest BCUT2D eigenvalue weighted by atomic mass is 16.5. The number of carbonyl (C=O) groups is 4. The number of esters is 1. The average molecular weight is 451 g/mol. The molecule has 1 aliphatic heterocycles. The monoisotopic (exact) mass is 451 g/mol. The molecule has 3 N–H and O–H groups in total. The summed E-state index contributed by atoms with van der Waals surface area (Å²) in [5.41, 5.74) is 1.73. The van der Waals surface area contributed by atoms with E-state index in [0.29, 0.717) is 28.3 Å². The van der Waals surface area contributed by atoms with Gasteiger partial charge in [-0.15, -0.1) is 0 Å². The normalized spacial score (nSPS) is 17.4. The fourth-order valence-corrected chi connectivity index (χ4v) is 3.54. The predicted molar refractivity (Wildman–Crippen MR) is 121 cm³/mol. The first kappa shape index (κ1) is 23.5. The highest BCUT2D eigenvalue weighted by Crippen LogP contribution is 2.35. The molecule has 172 valence electrons. The van der Waals surface area contributed by atoms with E-state index in [2.05, 4.69) is 22.5 Å². The van der Waals surface area contributed by atoms with Gasteiger partial charge in [-0.25, -0.2) is 9.59 Å². The maximum Gasteiger partial charge on any atom is 0.338 e. The van der Waals surface area contributed by atoms with E-state index in [4.69, 9.17) is 9.47 Å². The summed E-state index contributed by atoms with van der Waals surface area (Å²) in [6.45, 7) is 6.91. The maximum atomic E-state index is 12.4. The van der Waals surface area contributed by atoms with Gasteiger partial charge in [-0.3, -0.25) is 9.59 Å². The van der Waals surface area contributed by atoms with Crippen LogP contribution in [0.25, 0.3) is 0 Å². The van der Waals surface area contributed by atoms with Gasteiger partial charge in [0.25, 0.3) is 5.91 Å². The molecule has 9 nitrogen and oxygen atoms in total. The van der Waals surface area contributed by atoms with Crippen LogP contribution in [0.3, 0.4) is 0 Å². The van der Waals surface area contributed by atoms with Crippen LogP contribution in [0, 0.1) is 5.92 Å². The molecule has 9 heteroatoms. The predicted octanol–water partition coefficient (Wildman–Crippen LogP) is 2.95. The number of carbonyl (C=O) groups excluding carboxylic acids is 4. The molecule has 0 aromatic heterocycles. The molecule has 2 aromatic carbocycles. The molecule has 0 unspecified atom stereocenters. The highest BCUT2D eigenvalue weighted by Gasteiger charge is 2.37. The summed E-state index contributed by atoms with van der Waals surface area (Å²) in [6.07, 6.45) is 0. The van der Waals surface area contributed by atoms with Crippen LogP contribution in [-0.4, -0.2) is 36.9 Å². The fourth-order valence-electron chi connectivity index (χ4n) is 3.54. The molecule has 0 radical (unpaired) electrons. The second-order valence-corrected chi connectivity index (χ2v) is 7.36. The van der Waals surface area contributed by atoms with E-state index in [1.165, 1.54) is 6.92 Å². The van der Waals surface area contributed by atoms with E-state index >= 15 is 0 Å². The first-order valence-electron chi connectivity index (χ1n) is 10.4. The zero-order valence-electron chi connectivity index (χ0n) is 18.3. The quantitative estimate of drug-likeness (QED) is 0.531. The molecule has 1 saturated heterocycles. The van der Waals surface area contributed by atoms with Gasteiger partial charge in [-0.2, -0.15) is 0 Å². The Bertz CT molecular complexity index is 1080. The Morgan fingerprint density at radius 1 is 1.09 bits per heavy atom. The van der Waals surface area contributed by atoms with Crippen molar-refractivity contribution in [2.24, 2.45) is 5.92 Å². The molecule has 0 bridgehead atoms. The first-order valence-corrected chi connectivity index (χ1v) is 10.4. The zero-order chi connectivity index (χ0) is 24.0. The van der Waals surface area contributed by atoms with Crippen molar-refractivity contribution in [1.29, 1.82) is 0 Å². The Morgan fingerprint density at radius 2 is 1.79 bits per heavy atom. The van der Waals surface area contributed by atoms with E-state index < -0.39 is 29.9 Å². The van der Waals surface area contributed by atoms with Gasteiger partial charge < -0.3 is 25.4 Å². The second kappa shape index (κ2) is 10.4. The number of benzene rings is 2. The molecule has 0 spiro atoms. The van der Waals surface area contributed by atoms with Gasteiger partial charge in [0.05, 0.1) is 24.1 Å². The standard InChI is InChI=1S/C24H25N3O6/c1-4-32-23(30)16-9-11-17(12-10-16)26-20(29)13-33-19-8-6-5-7-18(19)22-21(15(3)28)14(2)25-24(31)27-22/h5-12,21-22H,2,4,13H2,1,3H3,(H,26,29)(H2,25,27,31)/t21-,22+/m1/s1. The topological polar surface area (TPSA) is 123 Å². The minimum atomic E-state index is -0.682. The number of para-hydroxylation sites is 1. The molecule has 0 saturated carbocycles. The molecule has 1 fully saturated rings. The molecule has 33 heavy (non-hydrogen) atoms. The van der Waals surface area contributed by atoms with Gasteiger partial charge in [-0.05, 0) is 44.2 Å². The van der Waals surface area contributed by atoms with Gasteiger partial charge in [0.15, 0.2) is 6.61 Å². The third kappa shape index (κ3) is 5.76. The lowest BCUT2D eigenvalue weighted by molar-refractivity contribution is -0.121. The van der Waals surface area contributed by atoms with Crippen LogP contribution < -0.4 is 20.7 Å². The van der Waals surface area contributed by atoms with Crippen molar-refractivity contribution in [2.75, 3.05) is 18.5 Å². The average Bonchev–Trinajstić information content (AvgIpc) is 2.77. The van der Waals surface area contributed by atoms with Crippen molar-refractivity contribution >= 4 is 29.4 Å². The van der Waals surface area contributed by atoms with Crippen molar-refractivity contribution in [3.05, 3.63) is 71.9 Å². The third-order valence-corrected chi connectivity index (χ3v) is 5.00. The van der Waals surface area contributed by atoms with Crippen LogP contribution in [0.1, 0.15) is 35.8 Å². The lowest BCUT2D eigenvalue weighted by Gasteiger charge is -2.34. The summed E-state index contributed by atoms with van der Waals surface area (Å²) in [5, 5.41) is 7.95. The molecule has 2 aromatic rings. The lowest BCUT2D eigenvalue weighted by atomic mass is 9.86. The number of ketones is 1. The number of anilines is 1. The Morgan fingerprint density at radius 3 is 2.45 bits per heavy atom. The van der Waals surface area contributed by atoms with Crippen molar-refractivity contribution in [2.45, 2.75) is 19.9 Å². The van der Waals surface area contributed by atoms with Gasteiger partial charge in [0.1, 0.15) is 11.5 Å². The molecule has 1 aliphatic rings. The molecule has 1 heterocycles. The summed E-state index contributed by atoms with van der Waals surface area (Å²) < 4.78 is 10.6. The van der Waals surface area contributed by atoms with Gasteiger partial charge in [-0.1, -0.05) is 24.8 Å². The van der Waals surface area contributed by atoms with E-state index in [0.717, 1.165) is 0 Å². The summed E-state index contributed by atoms with van der Waals surface area (Å²) in [4.78, 5) is 48.3. The molecule has 0 aliphatic carbocycles. The van der Waals surface area contributed by atoms with E-state index in [-0.39, 0.29) is 19.0 Å². The van der Waals surface area contributed by atoms with E-state index in [9.17, 15) is 19.2 Å². The SMILES string of the molecule is C=C1NC(=O)N[C@@H](c2ccccc2OCC(=O)Nc2ccc(C(=O)OCC)cc2)[C@H]1C(C)=O. The molecule has 3 rings (SSSR count). The number of hydrogen-bond acceptors (Lipinski definition) is 6. The van der Waals surface area contributed by atoms with Gasteiger partial charge >= 0.3 is 12.0 Å². The second-order valence-electron chi connectivity index (χ2n) is 7.36. The van der Waals surface area contributed by atoms with Crippen LogP contribution >= 0.6 is 0 Å². The van der Waals surface area contributed by atoms with Crippen LogP contribution in [-0.2, 0) is 14.3 Å². The maximum absolute atomic E-state index is 12.4. The number of nitrogens with one attached hydrogen (secondary N) is 3. The Balaban J connectivity index is 1.68. The minimum absolute atomic E-state index is 0.170. The van der Waals surface area contributed by atoms with Crippen LogP contribution in [0.2, 0.25) is 0 Å². The van der Waals surface area contributed by atoms with Crippen LogP contribution in [0.5, 0.6) is 5.75 Å². The fraction of sp³-hybridized carbons (Fsp3) is 0.250. The first-order chi connectivity index (χ1) is 15.8. The summed E-state index contributed by atoms with van der Waals surface area (Å²) in [5.74, 6) is -1.35. The van der Waals surface area contributed by atoms with Gasteiger partial charge in [0, 0.05) is 16.9 Å². The van der Waals surface area contributed by atoms with Gasteiger partial charge in [0.2, 0.25) is 0 Å². The summed E-state index contributed by atoms with van der Waals surface area (Å²) in [6, 6.07) is 12.0. The minimum Gasteiger partial charge on any atom is -0.483 e. The third-order valence-electron chi connectivity index (χ3n) is 5.00. The Labute approximate surface area is 191 Å². The number of Topliss-reactive ketones (excluding diaryl/α,β-unsaturated/α-hetero) is 1. The van der Waals surface area contributed by atoms with E-state index in [1.807, 2.05) is 0 Å². The largest absolute Gasteiger partial charge is 0.483 e. The van der Waals surface area contributed by atoms with Crippen molar-refractivity contribution in [3.8, 4) is 5.75 Å². The smallest absolute Gasteiger partial charge is 0.338 e. The number of hydrogen-bond donors (Lipinski definition) is 3. The van der Waals surface area contributed by atoms with Crippen molar-refractivity contribution < 1.29 is 28.7 Å². The lowest BCUT2D eigenvalue weighted by Crippen LogP contribution is -2.50. The molecular weight excluding hydrogens is 426 g/mol.